The Morgan fingerprint density at radius 2 is 1.91 bits per heavy atom. The van der Waals surface area contributed by atoms with Gasteiger partial charge in [0.2, 0.25) is 0 Å². The second-order valence-corrected chi connectivity index (χ2v) is 11.8. The van der Waals surface area contributed by atoms with Gasteiger partial charge in [0, 0.05) is 48.1 Å². The monoisotopic (exact) mass is 581 g/mol. The number of nitriles is 1. The number of carbonyl (C=O) groups excluding carboxylic acids is 1. The molecule has 0 spiro atoms. The van der Waals surface area contributed by atoms with Crippen molar-refractivity contribution in [3.8, 4) is 22.9 Å². The molecule has 1 aromatic carbocycles. The number of nitrogens with one attached hydrogen (secondary N) is 1. The Bertz CT molecular complexity index is 1660. The molecule has 0 atom stereocenters. The van der Waals surface area contributed by atoms with Gasteiger partial charge in [-0.1, -0.05) is 6.07 Å². The second kappa shape index (κ2) is 12.0. The molecule has 2 aliphatic heterocycles. The highest BCUT2D eigenvalue weighted by Crippen LogP contribution is 2.32. The number of hydrogen-bond acceptors (Lipinski definition) is 7. The minimum atomic E-state index is -0.417. The third kappa shape index (κ3) is 6.18. The van der Waals surface area contributed by atoms with E-state index in [1.54, 1.807) is 16.8 Å². The summed E-state index contributed by atoms with van der Waals surface area (Å²) in [5, 5.41) is 17.3. The first kappa shape index (κ1) is 28.6. The molecule has 5 heterocycles. The van der Waals surface area contributed by atoms with Gasteiger partial charge in [-0.2, -0.15) is 10.4 Å². The third-order valence-corrected chi connectivity index (χ3v) is 8.69. The van der Waals surface area contributed by atoms with Gasteiger partial charge in [-0.3, -0.25) is 9.69 Å². The van der Waals surface area contributed by atoms with Crippen molar-refractivity contribution in [2.75, 3.05) is 44.2 Å². The van der Waals surface area contributed by atoms with E-state index in [2.05, 4.69) is 26.3 Å². The van der Waals surface area contributed by atoms with E-state index in [0.717, 1.165) is 73.6 Å². The normalized spacial score (nSPS) is 16.7. The van der Waals surface area contributed by atoms with Crippen LogP contribution in [0.15, 0.2) is 55.0 Å². The Hall–Kier alpha value is -4.49. The zero-order valence-electron chi connectivity index (χ0n) is 24.6. The van der Waals surface area contributed by atoms with Gasteiger partial charge in [0.15, 0.2) is 0 Å². The maximum absolute atomic E-state index is 13.8. The largest absolute Gasteiger partial charge is 0.491 e. The molecule has 3 aromatic heterocycles. The molecule has 2 saturated heterocycles. The lowest BCUT2D eigenvalue weighted by Gasteiger charge is -2.40. The molecule has 43 heavy (non-hydrogen) atoms. The highest BCUT2D eigenvalue weighted by Gasteiger charge is 2.32. The smallest absolute Gasteiger partial charge is 0.252 e. The number of hydrogen-bond donors (Lipinski definition) is 1. The number of rotatable bonds is 8. The molecular weight excluding hydrogens is 545 g/mol. The van der Waals surface area contributed by atoms with Gasteiger partial charge >= 0.3 is 0 Å². The van der Waals surface area contributed by atoms with Gasteiger partial charge < -0.3 is 15.0 Å². The van der Waals surface area contributed by atoms with E-state index >= 15 is 0 Å². The Balaban J connectivity index is 1.15. The van der Waals surface area contributed by atoms with Crippen LogP contribution in [0.25, 0.3) is 16.6 Å². The Morgan fingerprint density at radius 3 is 2.63 bits per heavy atom. The molecule has 0 radical (unpaired) electrons. The summed E-state index contributed by atoms with van der Waals surface area (Å²) in [7, 11) is 0. The molecule has 0 saturated carbocycles. The van der Waals surface area contributed by atoms with E-state index in [9.17, 15) is 14.4 Å². The average molecular weight is 582 g/mol. The number of pyridine rings is 2. The molecule has 1 N–H and O–H groups in total. The highest BCUT2D eigenvalue weighted by atomic mass is 19.1. The summed E-state index contributed by atoms with van der Waals surface area (Å²) in [6.07, 6.45) is 9.18. The molecule has 222 valence electrons. The van der Waals surface area contributed by atoms with Crippen LogP contribution in [0.1, 0.15) is 54.1 Å². The predicted octanol–water partition coefficient (Wildman–Crippen LogP) is 4.98. The van der Waals surface area contributed by atoms with E-state index in [0.29, 0.717) is 23.5 Å². The van der Waals surface area contributed by atoms with Crippen LogP contribution < -0.4 is 15.0 Å². The maximum Gasteiger partial charge on any atom is 0.252 e. The number of halogens is 1. The number of ether oxygens (including phenoxy) is 1. The van der Waals surface area contributed by atoms with Crippen molar-refractivity contribution in [1.82, 2.24) is 24.8 Å². The van der Waals surface area contributed by atoms with E-state index in [1.807, 2.05) is 44.4 Å². The number of fused-ring (bicyclic) bond motifs is 1. The molecule has 0 aliphatic carbocycles. The fourth-order valence-corrected chi connectivity index (χ4v) is 6.04. The van der Waals surface area contributed by atoms with Crippen LogP contribution in [0, 0.1) is 24.1 Å². The lowest BCUT2D eigenvalue weighted by molar-refractivity contribution is 0.0890. The first-order valence-corrected chi connectivity index (χ1v) is 14.9. The zero-order valence-corrected chi connectivity index (χ0v) is 24.6. The molecule has 0 bridgehead atoms. The lowest BCUT2D eigenvalue weighted by Crippen LogP contribution is -2.53. The summed E-state index contributed by atoms with van der Waals surface area (Å²) < 4.78 is 21.6. The van der Waals surface area contributed by atoms with Crippen LogP contribution in [0.2, 0.25) is 0 Å². The van der Waals surface area contributed by atoms with Crippen molar-refractivity contribution in [3.05, 3.63) is 77.5 Å². The van der Waals surface area contributed by atoms with Crippen LogP contribution in [0.4, 0.5) is 10.2 Å². The topological polar surface area (TPSA) is 98.8 Å². The van der Waals surface area contributed by atoms with E-state index in [4.69, 9.17) is 9.72 Å². The quantitative estimate of drug-likeness (QED) is 0.313. The molecule has 1 amide bonds. The van der Waals surface area contributed by atoms with E-state index in [-0.39, 0.29) is 5.91 Å². The molecule has 9 nitrogen and oxygen atoms in total. The van der Waals surface area contributed by atoms with Crippen LogP contribution in [0.3, 0.4) is 0 Å². The van der Waals surface area contributed by atoms with Gasteiger partial charge in [-0.15, -0.1) is 0 Å². The number of nitrogens with zero attached hydrogens (tertiary/aromatic N) is 6. The lowest BCUT2D eigenvalue weighted by atomic mass is 9.89. The summed E-state index contributed by atoms with van der Waals surface area (Å²) in [6.45, 7) is 9.00. The maximum atomic E-state index is 13.8. The Morgan fingerprint density at radius 1 is 1.12 bits per heavy atom. The molecule has 2 fully saturated rings. The number of piperidine rings is 1. The zero-order chi connectivity index (χ0) is 30.0. The van der Waals surface area contributed by atoms with Crippen molar-refractivity contribution in [3.63, 3.8) is 0 Å². The predicted molar refractivity (Wildman–Crippen MR) is 163 cm³/mol. The Labute approximate surface area is 250 Å². The molecule has 6 rings (SSSR count). The molecule has 2 aliphatic rings. The minimum absolute atomic E-state index is 0.249. The standard InChI is InChI=1S/C33H36FN7O2/c1-23-5-7-26(34)17-28(23)32(42)38-33(2)9-13-40(14-10-33)30-8-6-24(20-36-30)29-18-27(43-16-15-39-11-3-4-12-39)22-41-31(29)25(19-35)21-37-41/h5-8,17-18,20-22H,3-4,9-16H2,1-2H3,(H,38,42). The van der Waals surface area contributed by atoms with E-state index < -0.39 is 11.4 Å². The first-order chi connectivity index (χ1) is 20.8. The average Bonchev–Trinajstić information content (AvgIpc) is 3.68. The van der Waals surface area contributed by atoms with Crippen molar-refractivity contribution in [2.45, 2.75) is 45.1 Å². The van der Waals surface area contributed by atoms with Crippen molar-refractivity contribution >= 4 is 17.2 Å². The SMILES string of the molecule is Cc1ccc(F)cc1C(=O)NC1(C)CCN(c2ccc(-c3cc(OCCN4CCCC4)cn4ncc(C#N)c34)cn2)CC1. The fourth-order valence-electron chi connectivity index (χ4n) is 6.04. The van der Waals surface area contributed by atoms with Gasteiger partial charge in [0.25, 0.3) is 5.91 Å². The number of anilines is 1. The molecular formula is C33H36FN7O2. The minimum Gasteiger partial charge on any atom is -0.491 e. The van der Waals surface area contributed by atoms with Crippen molar-refractivity contribution < 1.29 is 13.9 Å². The van der Waals surface area contributed by atoms with Crippen LogP contribution in [-0.4, -0.2) is 70.3 Å². The second-order valence-electron chi connectivity index (χ2n) is 11.8. The summed E-state index contributed by atoms with van der Waals surface area (Å²) in [4.78, 5) is 22.3. The molecule has 10 heteroatoms. The number of likely N-dealkylation sites (tertiary alicyclic amines) is 1. The van der Waals surface area contributed by atoms with Crippen molar-refractivity contribution in [1.29, 1.82) is 5.26 Å². The van der Waals surface area contributed by atoms with Crippen LogP contribution in [-0.2, 0) is 0 Å². The van der Waals surface area contributed by atoms with Gasteiger partial charge in [-0.25, -0.2) is 13.9 Å². The Kier molecular flexibility index (Phi) is 8.00. The number of amides is 1. The summed E-state index contributed by atoms with van der Waals surface area (Å²) in [5.41, 5.74) is 3.65. The number of benzene rings is 1. The highest BCUT2D eigenvalue weighted by molar-refractivity contribution is 5.96. The van der Waals surface area contributed by atoms with E-state index in [1.165, 1.54) is 25.0 Å². The first-order valence-electron chi connectivity index (χ1n) is 14.9. The third-order valence-electron chi connectivity index (χ3n) is 8.69. The summed E-state index contributed by atoms with van der Waals surface area (Å²) in [6, 6.07) is 12.5. The van der Waals surface area contributed by atoms with Gasteiger partial charge in [0.05, 0.1) is 23.5 Å². The van der Waals surface area contributed by atoms with Crippen LogP contribution in [0.5, 0.6) is 5.75 Å². The number of aromatic nitrogens is 3. The van der Waals surface area contributed by atoms with Gasteiger partial charge in [0.1, 0.15) is 30.1 Å². The summed E-state index contributed by atoms with van der Waals surface area (Å²) >= 11 is 0. The summed E-state index contributed by atoms with van der Waals surface area (Å²) in [5.74, 6) is 0.880. The molecule has 0 unspecified atom stereocenters. The van der Waals surface area contributed by atoms with Gasteiger partial charge in [-0.05, 0) is 88.5 Å². The number of carbonyl (C=O) groups is 1. The van der Waals surface area contributed by atoms with Crippen molar-refractivity contribution in [2.24, 2.45) is 0 Å². The molecule has 4 aromatic rings. The number of aryl methyl sites for hydroxylation is 1. The van der Waals surface area contributed by atoms with Crippen LogP contribution >= 0.6 is 0 Å². The fraction of sp³-hybridized carbons (Fsp3) is 0.394.